The maximum Gasteiger partial charge on any atom is 0.253 e. The molecule has 0 N–H and O–H groups in total. The Labute approximate surface area is 161 Å². The number of hydrogen-bond donors (Lipinski definition) is 0. The van der Waals surface area contributed by atoms with E-state index in [4.69, 9.17) is 4.74 Å². The van der Waals surface area contributed by atoms with Crippen LogP contribution < -0.4 is 4.74 Å². The van der Waals surface area contributed by atoms with Crippen LogP contribution in [0.1, 0.15) is 27.9 Å². The fourth-order valence-corrected chi connectivity index (χ4v) is 2.73. The quantitative estimate of drug-likeness (QED) is 0.720. The molecular formula is C22H28N2O3. The van der Waals surface area contributed by atoms with Crippen LogP contribution in [0.4, 0.5) is 0 Å². The number of hydrogen-bond acceptors (Lipinski definition) is 3. The summed E-state index contributed by atoms with van der Waals surface area (Å²) in [5, 5.41) is 0. The summed E-state index contributed by atoms with van der Waals surface area (Å²) in [6.07, 6.45) is 1.94. The smallest absolute Gasteiger partial charge is 0.253 e. The van der Waals surface area contributed by atoms with E-state index in [0.29, 0.717) is 24.9 Å². The van der Waals surface area contributed by atoms with Crippen LogP contribution in [-0.2, 0) is 17.6 Å². The van der Waals surface area contributed by atoms with E-state index < -0.39 is 0 Å². The fourth-order valence-electron chi connectivity index (χ4n) is 2.73. The average Bonchev–Trinajstić information content (AvgIpc) is 2.70. The highest BCUT2D eigenvalue weighted by Gasteiger charge is 2.10. The number of methoxy groups -OCH3 is 1. The van der Waals surface area contributed by atoms with Gasteiger partial charge < -0.3 is 14.5 Å². The van der Waals surface area contributed by atoms with Crippen LogP contribution >= 0.6 is 0 Å². The molecule has 0 heterocycles. The van der Waals surface area contributed by atoms with Gasteiger partial charge in [-0.2, -0.15) is 0 Å². The van der Waals surface area contributed by atoms with Gasteiger partial charge in [0.25, 0.3) is 5.91 Å². The zero-order chi connectivity index (χ0) is 19.8. The lowest BCUT2D eigenvalue weighted by atomic mass is 10.1. The molecule has 0 unspecified atom stereocenters. The Hall–Kier alpha value is -2.82. The van der Waals surface area contributed by atoms with Gasteiger partial charge in [0.05, 0.1) is 7.11 Å². The lowest BCUT2D eigenvalue weighted by Gasteiger charge is -2.17. The predicted molar refractivity (Wildman–Crippen MR) is 107 cm³/mol. The van der Waals surface area contributed by atoms with Gasteiger partial charge in [-0.25, -0.2) is 0 Å². The molecule has 144 valence electrons. The van der Waals surface area contributed by atoms with Crippen molar-refractivity contribution in [3.8, 4) is 5.75 Å². The highest BCUT2D eigenvalue weighted by atomic mass is 16.5. The van der Waals surface area contributed by atoms with E-state index in [1.807, 2.05) is 55.6 Å². The van der Waals surface area contributed by atoms with E-state index >= 15 is 0 Å². The van der Waals surface area contributed by atoms with Crippen molar-refractivity contribution >= 4 is 11.8 Å². The molecule has 2 aromatic rings. The van der Waals surface area contributed by atoms with E-state index in [0.717, 1.165) is 17.7 Å². The molecule has 2 aromatic carbocycles. The minimum Gasteiger partial charge on any atom is -0.497 e. The van der Waals surface area contributed by atoms with Crippen molar-refractivity contribution in [2.75, 3.05) is 34.8 Å². The Balaban J connectivity index is 1.79. The van der Waals surface area contributed by atoms with Crippen molar-refractivity contribution in [2.45, 2.75) is 19.3 Å². The molecule has 0 aromatic heterocycles. The molecule has 2 amide bonds. The van der Waals surface area contributed by atoms with Crippen molar-refractivity contribution in [1.82, 2.24) is 9.80 Å². The number of amides is 2. The molecule has 0 fully saturated rings. The van der Waals surface area contributed by atoms with Gasteiger partial charge in [0.2, 0.25) is 5.91 Å². The molecule has 0 radical (unpaired) electrons. The first-order valence-corrected chi connectivity index (χ1v) is 9.08. The van der Waals surface area contributed by atoms with Crippen LogP contribution in [0.5, 0.6) is 5.75 Å². The number of rotatable bonds is 8. The first kappa shape index (κ1) is 20.5. The third kappa shape index (κ3) is 6.13. The summed E-state index contributed by atoms with van der Waals surface area (Å²) < 4.78 is 5.15. The highest BCUT2D eigenvalue weighted by molar-refractivity contribution is 5.93. The van der Waals surface area contributed by atoms with Gasteiger partial charge in [-0.15, -0.1) is 0 Å². The molecule has 5 nitrogen and oxygen atoms in total. The lowest BCUT2D eigenvalue weighted by molar-refractivity contribution is -0.129. The topological polar surface area (TPSA) is 49.9 Å². The van der Waals surface area contributed by atoms with Crippen LogP contribution in [-0.4, -0.2) is 56.4 Å². The van der Waals surface area contributed by atoms with Gasteiger partial charge in [-0.1, -0.05) is 24.3 Å². The molecule has 0 aliphatic rings. The monoisotopic (exact) mass is 368 g/mol. The third-order valence-corrected chi connectivity index (χ3v) is 4.56. The summed E-state index contributed by atoms with van der Waals surface area (Å²) in [4.78, 5) is 27.6. The number of nitrogens with zero attached hydrogens (tertiary/aromatic N) is 2. The van der Waals surface area contributed by atoms with Gasteiger partial charge in [-0.05, 0) is 48.2 Å². The zero-order valence-electron chi connectivity index (χ0n) is 16.6. The normalized spacial score (nSPS) is 10.4. The van der Waals surface area contributed by atoms with E-state index in [-0.39, 0.29) is 11.8 Å². The second-order valence-corrected chi connectivity index (χ2v) is 6.81. The summed E-state index contributed by atoms with van der Waals surface area (Å²) in [6, 6.07) is 15.4. The minimum atomic E-state index is -0.0177. The van der Waals surface area contributed by atoms with Crippen molar-refractivity contribution in [2.24, 2.45) is 0 Å². The maximum absolute atomic E-state index is 12.3. The molecule has 0 aliphatic heterocycles. The second-order valence-electron chi connectivity index (χ2n) is 6.81. The molecule has 0 atom stereocenters. The van der Waals surface area contributed by atoms with E-state index in [9.17, 15) is 9.59 Å². The fraction of sp³-hybridized carbons (Fsp3) is 0.364. The zero-order valence-corrected chi connectivity index (χ0v) is 16.6. The van der Waals surface area contributed by atoms with Gasteiger partial charge in [0.15, 0.2) is 0 Å². The van der Waals surface area contributed by atoms with Gasteiger partial charge in [0, 0.05) is 39.7 Å². The molecule has 0 aliphatic carbocycles. The molecule has 27 heavy (non-hydrogen) atoms. The third-order valence-electron chi connectivity index (χ3n) is 4.56. The number of aryl methyl sites for hydroxylation is 1. The molecule has 0 spiro atoms. The summed E-state index contributed by atoms with van der Waals surface area (Å²) in [7, 11) is 6.95. The lowest BCUT2D eigenvalue weighted by Crippen LogP contribution is -2.29. The van der Waals surface area contributed by atoms with Crippen LogP contribution in [0.3, 0.4) is 0 Å². The average molecular weight is 368 g/mol. The van der Waals surface area contributed by atoms with E-state index in [2.05, 4.69) is 0 Å². The molecule has 0 saturated carbocycles. The second kappa shape index (κ2) is 9.76. The number of carbonyl (C=O) groups excluding carboxylic acids is 2. The standard InChI is InChI=1S/C22H28N2O3/c1-23(2)22(26)19-10-5-17(6-11-19)9-14-21(25)24(3)16-15-18-7-12-20(27-4)13-8-18/h5-8,10-13H,9,14-16H2,1-4H3. The van der Waals surface area contributed by atoms with Crippen molar-refractivity contribution in [3.05, 3.63) is 65.2 Å². The number of carbonyl (C=O) groups is 2. The minimum absolute atomic E-state index is 0.0177. The molecule has 0 bridgehead atoms. The highest BCUT2D eigenvalue weighted by Crippen LogP contribution is 2.13. The Morgan fingerprint density at radius 3 is 1.96 bits per heavy atom. The van der Waals surface area contributed by atoms with Crippen LogP contribution in [0.2, 0.25) is 0 Å². The first-order valence-electron chi connectivity index (χ1n) is 9.08. The van der Waals surface area contributed by atoms with Gasteiger partial charge in [-0.3, -0.25) is 9.59 Å². The number of benzene rings is 2. The molecule has 2 rings (SSSR count). The van der Waals surface area contributed by atoms with Crippen molar-refractivity contribution < 1.29 is 14.3 Å². The number of ether oxygens (including phenoxy) is 1. The van der Waals surface area contributed by atoms with Crippen molar-refractivity contribution in [3.63, 3.8) is 0 Å². The number of likely N-dealkylation sites (N-methyl/N-ethyl adjacent to an activating group) is 1. The first-order chi connectivity index (χ1) is 12.9. The largest absolute Gasteiger partial charge is 0.497 e. The van der Waals surface area contributed by atoms with E-state index in [1.165, 1.54) is 5.56 Å². The Kier molecular flexibility index (Phi) is 7.41. The predicted octanol–water partition coefficient (Wildman–Crippen LogP) is 3.03. The van der Waals surface area contributed by atoms with Crippen LogP contribution in [0, 0.1) is 0 Å². The summed E-state index contributed by atoms with van der Waals surface area (Å²) in [5.74, 6) is 0.939. The molecule has 0 saturated heterocycles. The van der Waals surface area contributed by atoms with Crippen molar-refractivity contribution in [1.29, 1.82) is 0 Å². The Bertz CT molecular complexity index is 752. The SMILES string of the molecule is COc1ccc(CCN(C)C(=O)CCc2ccc(C(=O)N(C)C)cc2)cc1. The molecule has 5 heteroatoms. The van der Waals surface area contributed by atoms with Crippen LogP contribution in [0.15, 0.2) is 48.5 Å². The van der Waals surface area contributed by atoms with Crippen LogP contribution in [0.25, 0.3) is 0 Å². The Morgan fingerprint density at radius 1 is 0.852 bits per heavy atom. The van der Waals surface area contributed by atoms with E-state index in [1.54, 1.807) is 31.0 Å². The maximum atomic E-state index is 12.3. The van der Waals surface area contributed by atoms with Gasteiger partial charge >= 0.3 is 0 Å². The van der Waals surface area contributed by atoms with Gasteiger partial charge in [0.1, 0.15) is 5.75 Å². The Morgan fingerprint density at radius 2 is 1.41 bits per heavy atom. The summed E-state index contributed by atoms with van der Waals surface area (Å²) >= 11 is 0. The summed E-state index contributed by atoms with van der Waals surface area (Å²) in [5.41, 5.74) is 2.89. The summed E-state index contributed by atoms with van der Waals surface area (Å²) in [6.45, 7) is 0.682. The molecular weight excluding hydrogens is 340 g/mol.